The number of anilines is 1. The van der Waals surface area contributed by atoms with Crippen LogP contribution in [0.5, 0.6) is 0 Å². The van der Waals surface area contributed by atoms with Crippen molar-refractivity contribution in [3.63, 3.8) is 0 Å². The quantitative estimate of drug-likeness (QED) is 0.902. The summed E-state index contributed by atoms with van der Waals surface area (Å²) in [5.41, 5.74) is 4.81. The Kier molecular flexibility index (Phi) is 4.74. The molecule has 1 N–H and O–H groups in total. The van der Waals surface area contributed by atoms with Crippen molar-refractivity contribution in [2.45, 2.75) is 26.4 Å². The third-order valence-corrected chi connectivity index (χ3v) is 3.63. The van der Waals surface area contributed by atoms with Crippen LogP contribution in [0.3, 0.4) is 0 Å². The largest absolute Gasteiger partial charge is 0.369 e. The molecule has 1 heterocycles. The number of rotatable bonds is 5. The Labute approximate surface area is 121 Å². The van der Waals surface area contributed by atoms with E-state index >= 15 is 0 Å². The molecule has 0 amide bonds. The van der Waals surface area contributed by atoms with Crippen LogP contribution in [0.4, 0.5) is 5.69 Å². The molecule has 0 spiro atoms. The maximum absolute atomic E-state index is 4.52. The van der Waals surface area contributed by atoms with E-state index in [0.717, 1.165) is 17.9 Å². The first-order chi connectivity index (χ1) is 9.60. The van der Waals surface area contributed by atoms with Crippen molar-refractivity contribution < 1.29 is 0 Å². The van der Waals surface area contributed by atoms with Gasteiger partial charge in [0.25, 0.3) is 0 Å². The summed E-state index contributed by atoms with van der Waals surface area (Å²) in [6.45, 7) is 5.11. The van der Waals surface area contributed by atoms with Gasteiger partial charge in [0.05, 0.1) is 17.6 Å². The van der Waals surface area contributed by atoms with E-state index in [1.165, 1.54) is 11.1 Å². The predicted octanol–water partition coefficient (Wildman–Crippen LogP) is 3.31. The van der Waals surface area contributed by atoms with Crippen molar-refractivity contribution in [2.24, 2.45) is 0 Å². The molecule has 0 saturated heterocycles. The zero-order valence-electron chi connectivity index (χ0n) is 12.7. The molecule has 0 saturated carbocycles. The number of hydrogen-bond donors (Lipinski definition) is 1. The highest BCUT2D eigenvalue weighted by atomic mass is 15.1. The van der Waals surface area contributed by atoms with Crippen LogP contribution in [0.25, 0.3) is 0 Å². The first-order valence-corrected chi connectivity index (χ1v) is 7.00. The summed E-state index contributed by atoms with van der Waals surface area (Å²) in [4.78, 5) is 6.74. The Hall–Kier alpha value is -1.87. The molecule has 106 valence electrons. The molecule has 1 aromatic heterocycles. The fourth-order valence-electron chi connectivity index (χ4n) is 2.09. The van der Waals surface area contributed by atoms with E-state index in [0.29, 0.717) is 0 Å². The second-order valence-corrected chi connectivity index (χ2v) is 5.29. The Morgan fingerprint density at radius 2 is 1.85 bits per heavy atom. The lowest BCUT2D eigenvalue weighted by atomic mass is 10.1. The average Bonchev–Trinajstić information content (AvgIpc) is 2.49. The molecule has 0 aliphatic heterocycles. The van der Waals surface area contributed by atoms with Crippen molar-refractivity contribution in [3.8, 4) is 0 Å². The third-order valence-electron chi connectivity index (χ3n) is 3.63. The number of nitrogens with zero attached hydrogens (tertiary/aromatic N) is 2. The second-order valence-electron chi connectivity index (χ2n) is 5.29. The van der Waals surface area contributed by atoms with E-state index in [2.05, 4.69) is 72.5 Å². The monoisotopic (exact) mass is 269 g/mol. The Balaban J connectivity index is 2.05. The lowest BCUT2D eigenvalue weighted by molar-refractivity contribution is 0.632. The lowest BCUT2D eigenvalue weighted by Gasteiger charge is -2.20. The molecule has 1 aromatic carbocycles. The zero-order chi connectivity index (χ0) is 14.5. The van der Waals surface area contributed by atoms with Crippen LogP contribution in [-0.2, 0) is 6.54 Å². The van der Waals surface area contributed by atoms with E-state index in [1.54, 1.807) is 0 Å². The molecule has 2 aromatic rings. The van der Waals surface area contributed by atoms with E-state index in [1.807, 2.05) is 13.2 Å². The molecule has 0 aliphatic rings. The molecular formula is C17H23N3. The van der Waals surface area contributed by atoms with Crippen molar-refractivity contribution in [1.29, 1.82) is 0 Å². The highest BCUT2D eigenvalue weighted by Crippen LogP contribution is 2.17. The molecule has 3 heteroatoms. The van der Waals surface area contributed by atoms with Gasteiger partial charge >= 0.3 is 0 Å². The van der Waals surface area contributed by atoms with Crippen LogP contribution in [0, 0.1) is 6.92 Å². The van der Waals surface area contributed by atoms with Gasteiger partial charge < -0.3 is 10.2 Å². The van der Waals surface area contributed by atoms with Crippen LogP contribution < -0.4 is 10.2 Å². The normalized spacial score (nSPS) is 12.2. The average molecular weight is 269 g/mol. The summed E-state index contributed by atoms with van der Waals surface area (Å²) in [5, 5.41) is 3.20. The fraction of sp³-hybridized carbons (Fsp3) is 0.353. The van der Waals surface area contributed by atoms with Gasteiger partial charge in [-0.25, -0.2) is 0 Å². The molecule has 0 aliphatic carbocycles. The molecule has 1 atom stereocenters. The molecule has 2 rings (SSSR count). The number of benzene rings is 1. The van der Waals surface area contributed by atoms with Crippen LogP contribution in [0.15, 0.2) is 42.6 Å². The van der Waals surface area contributed by atoms with Gasteiger partial charge in [-0.3, -0.25) is 4.98 Å². The van der Waals surface area contributed by atoms with Crippen LogP contribution in [0.1, 0.15) is 29.8 Å². The van der Waals surface area contributed by atoms with Gasteiger partial charge in [0.15, 0.2) is 0 Å². The number of aryl methyl sites for hydroxylation is 1. The predicted molar refractivity (Wildman–Crippen MR) is 85.0 cm³/mol. The van der Waals surface area contributed by atoms with Crippen LogP contribution in [0.2, 0.25) is 0 Å². The van der Waals surface area contributed by atoms with Crippen LogP contribution >= 0.6 is 0 Å². The van der Waals surface area contributed by atoms with Gasteiger partial charge in [0, 0.05) is 19.6 Å². The van der Waals surface area contributed by atoms with Gasteiger partial charge in [-0.1, -0.05) is 29.8 Å². The number of nitrogens with one attached hydrogen (secondary N) is 1. The van der Waals surface area contributed by atoms with Gasteiger partial charge in [-0.05, 0) is 38.6 Å². The molecular weight excluding hydrogens is 246 g/mol. The molecule has 3 nitrogen and oxygen atoms in total. The van der Waals surface area contributed by atoms with Crippen molar-refractivity contribution >= 4 is 5.69 Å². The summed E-state index contributed by atoms with van der Waals surface area (Å²) in [5.74, 6) is 0. The number of pyridine rings is 1. The van der Waals surface area contributed by atoms with Gasteiger partial charge in [-0.15, -0.1) is 0 Å². The first-order valence-electron chi connectivity index (χ1n) is 7.00. The summed E-state index contributed by atoms with van der Waals surface area (Å²) >= 11 is 0. The molecule has 1 unspecified atom stereocenters. The van der Waals surface area contributed by atoms with E-state index in [4.69, 9.17) is 0 Å². The van der Waals surface area contributed by atoms with Crippen molar-refractivity contribution in [3.05, 3.63) is 59.4 Å². The zero-order valence-corrected chi connectivity index (χ0v) is 12.7. The summed E-state index contributed by atoms with van der Waals surface area (Å²) in [6, 6.07) is 13.2. The van der Waals surface area contributed by atoms with Crippen LogP contribution in [-0.4, -0.2) is 19.1 Å². The van der Waals surface area contributed by atoms with Crippen molar-refractivity contribution in [2.75, 3.05) is 19.0 Å². The Morgan fingerprint density at radius 1 is 1.15 bits per heavy atom. The van der Waals surface area contributed by atoms with E-state index in [9.17, 15) is 0 Å². The molecule has 0 fully saturated rings. The molecule has 0 radical (unpaired) electrons. The maximum Gasteiger partial charge on any atom is 0.0571 e. The van der Waals surface area contributed by atoms with Crippen molar-refractivity contribution in [1.82, 2.24) is 10.3 Å². The maximum atomic E-state index is 4.52. The lowest BCUT2D eigenvalue weighted by Crippen LogP contribution is -2.18. The third kappa shape index (κ3) is 3.58. The Bertz CT molecular complexity index is 531. The summed E-state index contributed by atoms with van der Waals surface area (Å²) in [7, 11) is 4.04. The second kappa shape index (κ2) is 6.53. The smallest absolute Gasteiger partial charge is 0.0571 e. The van der Waals surface area contributed by atoms with Gasteiger partial charge in [0.1, 0.15) is 0 Å². The minimum absolute atomic E-state index is 0.284. The van der Waals surface area contributed by atoms with Gasteiger partial charge in [-0.2, -0.15) is 0 Å². The first kappa shape index (κ1) is 14.5. The topological polar surface area (TPSA) is 28.2 Å². The molecule has 0 bridgehead atoms. The highest BCUT2D eigenvalue weighted by Gasteiger charge is 2.06. The number of hydrogen-bond acceptors (Lipinski definition) is 3. The minimum atomic E-state index is 0.284. The standard InChI is InChI=1S/C17H23N3/c1-13-5-7-15(8-6-13)12-20(4)16-9-10-17(19-11-16)14(2)18-3/h5-11,14,18H,12H2,1-4H3. The van der Waals surface area contributed by atoms with Gasteiger partial charge in [0.2, 0.25) is 0 Å². The fourth-order valence-corrected chi connectivity index (χ4v) is 2.09. The number of aromatic nitrogens is 1. The SMILES string of the molecule is CNC(C)c1ccc(N(C)Cc2ccc(C)cc2)cn1. The summed E-state index contributed by atoms with van der Waals surface area (Å²) < 4.78 is 0. The van der Waals surface area contributed by atoms with E-state index < -0.39 is 0 Å². The minimum Gasteiger partial charge on any atom is -0.369 e. The molecule has 20 heavy (non-hydrogen) atoms. The Morgan fingerprint density at radius 3 is 2.40 bits per heavy atom. The van der Waals surface area contributed by atoms with E-state index in [-0.39, 0.29) is 6.04 Å². The summed E-state index contributed by atoms with van der Waals surface area (Å²) in [6.07, 6.45) is 1.94. The highest BCUT2D eigenvalue weighted by molar-refractivity contribution is 5.44.